The van der Waals surface area contributed by atoms with E-state index in [0.29, 0.717) is 0 Å². The molecule has 0 bridgehead atoms. The summed E-state index contributed by atoms with van der Waals surface area (Å²) in [6, 6.07) is 0.149. The lowest BCUT2D eigenvalue weighted by Gasteiger charge is -2.39. The number of hydrogen-bond acceptors (Lipinski definition) is 3. The normalized spacial score (nSPS) is 28.7. The molecule has 1 saturated heterocycles. The first-order chi connectivity index (χ1) is 6.02. The molecule has 1 fully saturated rings. The fourth-order valence-corrected chi connectivity index (χ4v) is 1.75. The molecule has 2 atom stereocenters. The zero-order valence-electron chi connectivity index (χ0n) is 8.53. The van der Waals surface area contributed by atoms with Crippen LogP contribution in [0.5, 0.6) is 0 Å². The lowest BCUT2D eigenvalue weighted by molar-refractivity contribution is -0.144. The van der Waals surface area contributed by atoms with Crippen LogP contribution in [0.1, 0.15) is 6.92 Å². The second-order valence-electron chi connectivity index (χ2n) is 3.94. The zero-order valence-corrected chi connectivity index (χ0v) is 8.53. The maximum Gasteiger partial charge on any atom is 0.307 e. The van der Waals surface area contributed by atoms with Crippen molar-refractivity contribution in [2.75, 3.05) is 33.7 Å². The van der Waals surface area contributed by atoms with Crippen LogP contribution in [-0.4, -0.2) is 60.6 Å². The van der Waals surface area contributed by atoms with Crippen molar-refractivity contribution in [3.05, 3.63) is 0 Å². The molecule has 1 aliphatic heterocycles. The Bertz CT molecular complexity index is 196. The van der Waals surface area contributed by atoms with Crippen molar-refractivity contribution in [3.8, 4) is 0 Å². The van der Waals surface area contributed by atoms with Crippen LogP contribution in [0, 0.1) is 5.92 Å². The van der Waals surface area contributed by atoms with Gasteiger partial charge in [0, 0.05) is 25.7 Å². The van der Waals surface area contributed by atoms with Crippen LogP contribution in [-0.2, 0) is 4.79 Å². The van der Waals surface area contributed by atoms with E-state index in [1.54, 1.807) is 6.92 Å². The van der Waals surface area contributed by atoms with Crippen molar-refractivity contribution in [2.24, 2.45) is 5.92 Å². The molecule has 4 heteroatoms. The van der Waals surface area contributed by atoms with Crippen molar-refractivity contribution >= 4 is 5.97 Å². The Morgan fingerprint density at radius 1 is 1.46 bits per heavy atom. The lowest BCUT2D eigenvalue weighted by Crippen LogP contribution is -2.54. The van der Waals surface area contributed by atoms with E-state index in [-0.39, 0.29) is 12.0 Å². The Hall–Kier alpha value is -0.610. The highest BCUT2D eigenvalue weighted by Gasteiger charge is 2.30. The molecule has 13 heavy (non-hydrogen) atoms. The van der Waals surface area contributed by atoms with Gasteiger partial charge in [0.15, 0.2) is 0 Å². The molecule has 76 valence electrons. The average molecular weight is 186 g/mol. The number of piperazine rings is 1. The second-order valence-corrected chi connectivity index (χ2v) is 3.94. The number of nitrogens with zero attached hydrogens (tertiary/aromatic N) is 2. The van der Waals surface area contributed by atoms with Gasteiger partial charge in [0.2, 0.25) is 0 Å². The molecule has 0 aromatic rings. The number of likely N-dealkylation sites (N-methyl/N-ethyl adjacent to an activating group) is 2. The van der Waals surface area contributed by atoms with E-state index in [9.17, 15) is 4.79 Å². The maximum atomic E-state index is 10.8. The Kier molecular flexibility index (Phi) is 3.27. The molecule has 0 spiro atoms. The summed E-state index contributed by atoms with van der Waals surface area (Å²) < 4.78 is 0. The molecule has 2 unspecified atom stereocenters. The van der Waals surface area contributed by atoms with Crippen LogP contribution in [0.4, 0.5) is 0 Å². The van der Waals surface area contributed by atoms with Crippen molar-refractivity contribution in [1.82, 2.24) is 9.80 Å². The van der Waals surface area contributed by atoms with Crippen molar-refractivity contribution < 1.29 is 9.90 Å². The molecule has 1 heterocycles. The number of aliphatic carboxylic acids is 1. The van der Waals surface area contributed by atoms with Crippen molar-refractivity contribution in [3.63, 3.8) is 0 Å². The van der Waals surface area contributed by atoms with Crippen LogP contribution in [0.2, 0.25) is 0 Å². The first kappa shape index (κ1) is 10.5. The van der Waals surface area contributed by atoms with Gasteiger partial charge >= 0.3 is 5.97 Å². The van der Waals surface area contributed by atoms with Gasteiger partial charge in [0.25, 0.3) is 0 Å². The average Bonchev–Trinajstić information content (AvgIpc) is 2.08. The second kappa shape index (κ2) is 4.07. The molecule has 1 aliphatic rings. The number of carboxylic acids is 1. The van der Waals surface area contributed by atoms with Gasteiger partial charge in [-0.1, -0.05) is 6.92 Å². The summed E-state index contributed by atoms with van der Waals surface area (Å²) in [5.41, 5.74) is 0. The molecule has 4 nitrogen and oxygen atoms in total. The van der Waals surface area contributed by atoms with E-state index < -0.39 is 5.97 Å². The lowest BCUT2D eigenvalue weighted by atomic mass is 9.99. The minimum atomic E-state index is -0.702. The van der Waals surface area contributed by atoms with Crippen LogP contribution in [0.25, 0.3) is 0 Å². The van der Waals surface area contributed by atoms with E-state index in [4.69, 9.17) is 5.11 Å². The minimum Gasteiger partial charge on any atom is -0.481 e. The maximum absolute atomic E-state index is 10.8. The number of hydrogen-bond donors (Lipinski definition) is 1. The van der Waals surface area contributed by atoms with Gasteiger partial charge < -0.3 is 14.9 Å². The summed E-state index contributed by atoms with van der Waals surface area (Å²) in [7, 11) is 4.03. The Morgan fingerprint density at radius 3 is 2.62 bits per heavy atom. The molecule has 0 aromatic carbocycles. The third-order valence-electron chi connectivity index (χ3n) is 2.87. The summed E-state index contributed by atoms with van der Waals surface area (Å²) in [5, 5.41) is 8.89. The first-order valence-electron chi connectivity index (χ1n) is 4.64. The van der Waals surface area contributed by atoms with E-state index in [2.05, 4.69) is 9.80 Å². The van der Waals surface area contributed by atoms with E-state index >= 15 is 0 Å². The van der Waals surface area contributed by atoms with Gasteiger partial charge in [-0.2, -0.15) is 0 Å². The predicted octanol–water partition coefficient (Wildman–Crippen LogP) is -0.0471. The third-order valence-corrected chi connectivity index (χ3v) is 2.87. The quantitative estimate of drug-likeness (QED) is 0.657. The molecule has 0 saturated carbocycles. The van der Waals surface area contributed by atoms with Crippen LogP contribution >= 0.6 is 0 Å². The molecule has 0 aliphatic carbocycles. The van der Waals surface area contributed by atoms with E-state index in [0.717, 1.165) is 19.6 Å². The van der Waals surface area contributed by atoms with Gasteiger partial charge in [0.1, 0.15) is 0 Å². The topological polar surface area (TPSA) is 43.8 Å². The summed E-state index contributed by atoms with van der Waals surface area (Å²) in [4.78, 5) is 15.1. The standard InChI is InChI=1S/C9H18N2O2/c1-7(9(12)13)8-6-10(2)4-5-11(8)3/h7-8H,4-6H2,1-3H3,(H,12,13). The minimum absolute atomic E-state index is 0.149. The predicted molar refractivity (Wildman–Crippen MR) is 50.7 cm³/mol. The van der Waals surface area contributed by atoms with Crippen LogP contribution in [0.15, 0.2) is 0 Å². The Balaban J connectivity index is 2.60. The zero-order chi connectivity index (χ0) is 10.0. The highest BCUT2D eigenvalue weighted by Crippen LogP contribution is 2.14. The molecule has 0 radical (unpaired) electrons. The van der Waals surface area contributed by atoms with E-state index in [1.807, 2.05) is 14.1 Å². The van der Waals surface area contributed by atoms with Gasteiger partial charge in [-0.15, -0.1) is 0 Å². The number of carboxylic acid groups (broad SMARTS) is 1. The smallest absolute Gasteiger partial charge is 0.307 e. The van der Waals surface area contributed by atoms with Crippen molar-refractivity contribution in [2.45, 2.75) is 13.0 Å². The third kappa shape index (κ3) is 2.42. The molecular formula is C9H18N2O2. The monoisotopic (exact) mass is 186 g/mol. The van der Waals surface area contributed by atoms with Gasteiger partial charge in [-0.3, -0.25) is 4.79 Å². The highest BCUT2D eigenvalue weighted by molar-refractivity contribution is 5.70. The molecule has 0 aromatic heterocycles. The summed E-state index contributed by atoms with van der Waals surface area (Å²) in [5.74, 6) is -0.986. The summed E-state index contributed by atoms with van der Waals surface area (Å²) in [6.07, 6.45) is 0. The van der Waals surface area contributed by atoms with Gasteiger partial charge in [-0.25, -0.2) is 0 Å². The fourth-order valence-electron chi connectivity index (χ4n) is 1.75. The molecular weight excluding hydrogens is 168 g/mol. The first-order valence-corrected chi connectivity index (χ1v) is 4.64. The SMILES string of the molecule is CC(C(=O)O)C1CN(C)CCN1C. The Labute approximate surface area is 79.1 Å². The number of rotatable bonds is 2. The van der Waals surface area contributed by atoms with Gasteiger partial charge in [-0.05, 0) is 14.1 Å². The highest BCUT2D eigenvalue weighted by atomic mass is 16.4. The van der Waals surface area contributed by atoms with Crippen molar-refractivity contribution in [1.29, 1.82) is 0 Å². The molecule has 1 N–H and O–H groups in total. The summed E-state index contributed by atoms with van der Waals surface area (Å²) >= 11 is 0. The van der Waals surface area contributed by atoms with E-state index in [1.165, 1.54) is 0 Å². The van der Waals surface area contributed by atoms with Crippen LogP contribution < -0.4 is 0 Å². The summed E-state index contributed by atoms with van der Waals surface area (Å²) in [6.45, 7) is 4.62. The Morgan fingerprint density at radius 2 is 2.08 bits per heavy atom. The molecule has 0 amide bonds. The number of carbonyl (C=O) groups is 1. The fraction of sp³-hybridized carbons (Fsp3) is 0.889. The van der Waals surface area contributed by atoms with Gasteiger partial charge in [0.05, 0.1) is 5.92 Å². The largest absolute Gasteiger partial charge is 0.481 e. The molecule has 1 rings (SSSR count). The van der Waals surface area contributed by atoms with Crippen LogP contribution in [0.3, 0.4) is 0 Å².